The van der Waals surface area contributed by atoms with Gasteiger partial charge in [0.15, 0.2) is 0 Å². The number of morpholine rings is 1. The Kier molecular flexibility index (Phi) is 5.98. The van der Waals surface area contributed by atoms with Gasteiger partial charge in [-0.1, -0.05) is 0 Å². The highest BCUT2D eigenvalue weighted by atomic mass is 32.2. The Balaban J connectivity index is 1.63. The Bertz CT molecular complexity index is 1050. The maximum atomic E-state index is 13.2. The maximum Gasteiger partial charge on any atom is 0.272 e. The third-order valence-electron chi connectivity index (χ3n) is 5.19. The number of nitrogen functional groups attached to an aromatic ring is 1. The summed E-state index contributed by atoms with van der Waals surface area (Å²) in [6, 6.07) is 1.60. The standard InChI is InChI=1S/C18H24N8O4S/c1-31(28,29)26-4-2-24(3-5-26)16(27)15-10-14(13-11-20-17(19)21-12-13)22-18(23-15)25-6-8-30-9-7-25/h10-12H,2-9H2,1H3,(H2,19,20,21). The molecule has 2 aliphatic heterocycles. The first-order valence-electron chi connectivity index (χ1n) is 9.85. The fraction of sp³-hybridized carbons (Fsp3) is 0.500. The smallest absolute Gasteiger partial charge is 0.272 e. The van der Waals surface area contributed by atoms with E-state index in [1.54, 1.807) is 23.4 Å². The van der Waals surface area contributed by atoms with Crippen LogP contribution in [0.15, 0.2) is 18.5 Å². The lowest BCUT2D eigenvalue weighted by Gasteiger charge is -2.33. The summed E-state index contributed by atoms with van der Waals surface area (Å²) in [5, 5.41) is 0. The highest BCUT2D eigenvalue weighted by Gasteiger charge is 2.28. The second-order valence-corrected chi connectivity index (χ2v) is 9.30. The van der Waals surface area contributed by atoms with Crippen molar-refractivity contribution in [2.24, 2.45) is 0 Å². The van der Waals surface area contributed by atoms with E-state index in [2.05, 4.69) is 19.9 Å². The molecule has 166 valence electrons. The summed E-state index contributed by atoms with van der Waals surface area (Å²) in [5.74, 6) is 0.296. The molecule has 13 heteroatoms. The van der Waals surface area contributed by atoms with Crippen LogP contribution in [0, 0.1) is 0 Å². The number of nitrogens with zero attached hydrogens (tertiary/aromatic N) is 7. The van der Waals surface area contributed by atoms with Crippen molar-refractivity contribution in [3.63, 3.8) is 0 Å². The number of anilines is 2. The van der Waals surface area contributed by atoms with Crippen LogP contribution in [0.25, 0.3) is 11.3 Å². The number of hydrogen-bond acceptors (Lipinski definition) is 10. The largest absolute Gasteiger partial charge is 0.378 e. The summed E-state index contributed by atoms with van der Waals surface area (Å²) in [6.07, 6.45) is 4.27. The van der Waals surface area contributed by atoms with Crippen LogP contribution in [0.4, 0.5) is 11.9 Å². The first kappa shape index (κ1) is 21.3. The molecule has 4 heterocycles. The molecule has 2 aliphatic rings. The lowest BCUT2D eigenvalue weighted by Crippen LogP contribution is -2.50. The van der Waals surface area contributed by atoms with E-state index in [1.807, 2.05) is 4.90 Å². The van der Waals surface area contributed by atoms with E-state index in [0.717, 1.165) is 0 Å². The molecule has 2 aromatic heterocycles. The van der Waals surface area contributed by atoms with Gasteiger partial charge < -0.3 is 20.3 Å². The van der Waals surface area contributed by atoms with Gasteiger partial charge in [-0.05, 0) is 6.07 Å². The molecule has 0 atom stereocenters. The van der Waals surface area contributed by atoms with E-state index in [9.17, 15) is 13.2 Å². The zero-order valence-electron chi connectivity index (χ0n) is 17.1. The quantitative estimate of drug-likeness (QED) is 0.622. The minimum atomic E-state index is -3.28. The summed E-state index contributed by atoms with van der Waals surface area (Å²) in [7, 11) is -3.28. The first-order chi connectivity index (χ1) is 14.8. The number of sulfonamides is 1. The Morgan fingerprint density at radius 2 is 1.68 bits per heavy atom. The summed E-state index contributed by atoms with van der Waals surface area (Å²) < 4.78 is 30.3. The predicted octanol–water partition coefficient (Wildman–Crippen LogP) is -0.930. The molecule has 0 radical (unpaired) electrons. The van der Waals surface area contributed by atoms with Gasteiger partial charge in [0.25, 0.3) is 5.91 Å². The topological polar surface area (TPSA) is 148 Å². The maximum absolute atomic E-state index is 13.2. The lowest BCUT2D eigenvalue weighted by atomic mass is 10.2. The molecule has 31 heavy (non-hydrogen) atoms. The number of rotatable bonds is 4. The highest BCUT2D eigenvalue weighted by Crippen LogP contribution is 2.22. The van der Waals surface area contributed by atoms with Crippen molar-refractivity contribution >= 4 is 27.8 Å². The van der Waals surface area contributed by atoms with E-state index < -0.39 is 10.0 Å². The monoisotopic (exact) mass is 448 g/mol. The van der Waals surface area contributed by atoms with Crippen LogP contribution < -0.4 is 10.6 Å². The van der Waals surface area contributed by atoms with Crippen LogP contribution in [0.2, 0.25) is 0 Å². The molecule has 2 N–H and O–H groups in total. The van der Waals surface area contributed by atoms with Crippen LogP contribution in [0.5, 0.6) is 0 Å². The number of aromatic nitrogens is 4. The van der Waals surface area contributed by atoms with E-state index in [-0.39, 0.29) is 30.6 Å². The van der Waals surface area contributed by atoms with Crippen molar-refractivity contribution < 1.29 is 17.9 Å². The van der Waals surface area contributed by atoms with E-state index in [4.69, 9.17) is 10.5 Å². The van der Waals surface area contributed by atoms with Gasteiger partial charge in [-0.25, -0.2) is 28.4 Å². The number of amides is 1. The zero-order valence-corrected chi connectivity index (χ0v) is 18.0. The average molecular weight is 449 g/mol. The molecular weight excluding hydrogens is 424 g/mol. The summed E-state index contributed by atoms with van der Waals surface area (Å²) in [4.78, 5) is 33.9. The highest BCUT2D eigenvalue weighted by molar-refractivity contribution is 7.88. The fourth-order valence-corrected chi connectivity index (χ4v) is 4.28. The van der Waals surface area contributed by atoms with Gasteiger partial charge in [0.1, 0.15) is 5.69 Å². The average Bonchev–Trinajstić information content (AvgIpc) is 2.79. The van der Waals surface area contributed by atoms with Gasteiger partial charge in [0.05, 0.1) is 25.2 Å². The van der Waals surface area contributed by atoms with Crippen molar-refractivity contribution in [1.29, 1.82) is 0 Å². The third kappa shape index (κ3) is 4.89. The van der Waals surface area contributed by atoms with E-state index in [0.29, 0.717) is 56.6 Å². The van der Waals surface area contributed by atoms with Crippen LogP contribution >= 0.6 is 0 Å². The molecule has 0 spiro atoms. The predicted molar refractivity (Wildman–Crippen MR) is 113 cm³/mol. The van der Waals surface area contributed by atoms with Crippen molar-refractivity contribution in [3.05, 3.63) is 24.2 Å². The van der Waals surface area contributed by atoms with Gasteiger partial charge in [0, 0.05) is 57.2 Å². The summed E-state index contributed by atoms with van der Waals surface area (Å²) >= 11 is 0. The van der Waals surface area contributed by atoms with E-state index >= 15 is 0 Å². The molecule has 0 aliphatic carbocycles. The Morgan fingerprint density at radius 1 is 1.03 bits per heavy atom. The van der Waals surface area contributed by atoms with Crippen LogP contribution in [-0.4, -0.2) is 102 Å². The molecular formula is C18H24N8O4S. The van der Waals surface area contributed by atoms with E-state index in [1.165, 1.54) is 10.6 Å². The van der Waals surface area contributed by atoms with Crippen molar-refractivity contribution in [1.82, 2.24) is 29.1 Å². The summed E-state index contributed by atoms with van der Waals surface area (Å²) in [6.45, 7) is 3.43. The van der Waals surface area contributed by atoms with Gasteiger partial charge >= 0.3 is 0 Å². The Labute approximate surface area is 180 Å². The molecule has 12 nitrogen and oxygen atoms in total. The number of nitrogens with two attached hydrogens (primary N) is 1. The molecule has 0 bridgehead atoms. The van der Waals surface area contributed by atoms with Crippen molar-refractivity contribution in [2.75, 3.05) is 69.4 Å². The second-order valence-electron chi connectivity index (χ2n) is 7.32. The van der Waals surface area contributed by atoms with Crippen LogP contribution in [0.1, 0.15) is 10.5 Å². The number of piperazine rings is 1. The molecule has 0 saturated carbocycles. The Hall–Kier alpha value is -2.90. The zero-order chi connectivity index (χ0) is 22.0. The Morgan fingerprint density at radius 3 is 2.29 bits per heavy atom. The van der Waals surface area contributed by atoms with Crippen molar-refractivity contribution in [3.8, 4) is 11.3 Å². The lowest BCUT2D eigenvalue weighted by molar-refractivity contribution is 0.0692. The number of carbonyl (C=O) groups is 1. The second kappa shape index (κ2) is 8.69. The molecule has 0 unspecified atom stereocenters. The third-order valence-corrected chi connectivity index (χ3v) is 6.49. The number of carbonyl (C=O) groups excluding carboxylic acids is 1. The van der Waals surface area contributed by atoms with Crippen LogP contribution in [0.3, 0.4) is 0 Å². The van der Waals surface area contributed by atoms with Gasteiger partial charge in [-0.2, -0.15) is 4.31 Å². The molecule has 2 saturated heterocycles. The number of hydrogen-bond donors (Lipinski definition) is 1. The SMILES string of the molecule is CS(=O)(=O)N1CCN(C(=O)c2cc(-c3cnc(N)nc3)nc(N3CCOCC3)n2)CC1. The van der Waals surface area contributed by atoms with Crippen molar-refractivity contribution in [2.45, 2.75) is 0 Å². The molecule has 1 amide bonds. The fourth-order valence-electron chi connectivity index (χ4n) is 3.45. The van der Waals surface area contributed by atoms with Gasteiger partial charge in [-0.3, -0.25) is 4.79 Å². The van der Waals surface area contributed by atoms with Gasteiger partial charge in [0.2, 0.25) is 21.9 Å². The first-order valence-corrected chi connectivity index (χ1v) is 11.7. The molecule has 2 fully saturated rings. The minimum absolute atomic E-state index is 0.145. The summed E-state index contributed by atoms with van der Waals surface area (Å²) in [5.41, 5.74) is 6.94. The van der Waals surface area contributed by atoms with Crippen LogP contribution in [-0.2, 0) is 14.8 Å². The minimum Gasteiger partial charge on any atom is -0.378 e. The number of ether oxygens (including phenoxy) is 1. The normalized spacial score (nSPS) is 18.2. The van der Waals surface area contributed by atoms with Gasteiger partial charge in [-0.15, -0.1) is 0 Å². The molecule has 0 aromatic carbocycles. The molecule has 4 rings (SSSR count). The molecule has 2 aromatic rings.